The highest BCUT2D eigenvalue weighted by Gasteiger charge is 2.13. The molecule has 0 radical (unpaired) electrons. The van der Waals surface area contributed by atoms with Crippen molar-refractivity contribution >= 4 is 35.0 Å². The van der Waals surface area contributed by atoms with Crippen LogP contribution in [0.2, 0.25) is 5.02 Å². The van der Waals surface area contributed by atoms with E-state index in [-0.39, 0.29) is 11.7 Å². The maximum atomic E-state index is 12.3. The van der Waals surface area contributed by atoms with E-state index in [1.54, 1.807) is 44.6 Å². The second-order valence-electron chi connectivity index (χ2n) is 5.81. The van der Waals surface area contributed by atoms with Crippen molar-refractivity contribution in [2.75, 3.05) is 25.3 Å². The molecule has 0 bridgehead atoms. The van der Waals surface area contributed by atoms with Gasteiger partial charge >= 0.3 is 0 Å². The highest BCUT2D eigenvalue weighted by Crippen LogP contribution is 2.27. The van der Waals surface area contributed by atoms with E-state index in [1.165, 1.54) is 11.8 Å². The van der Waals surface area contributed by atoms with Crippen molar-refractivity contribution in [2.24, 2.45) is 7.05 Å². The van der Waals surface area contributed by atoms with E-state index >= 15 is 0 Å². The average molecular weight is 419 g/mol. The number of methoxy groups -OCH3 is 2. The molecule has 7 nitrogen and oxygen atoms in total. The number of aromatic nitrogens is 3. The maximum Gasteiger partial charge on any atom is 0.234 e. The first kappa shape index (κ1) is 20.0. The van der Waals surface area contributed by atoms with Gasteiger partial charge in [0, 0.05) is 41.5 Å². The Kier molecular flexibility index (Phi) is 6.43. The number of amides is 1. The SMILES string of the molecule is COc1cc(NC(=O)CSc2nnc(-c3ccc(Cl)cc3)n2C)cc(OC)c1. The van der Waals surface area contributed by atoms with E-state index in [0.29, 0.717) is 33.2 Å². The highest BCUT2D eigenvalue weighted by molar-refractivity contribution is 7.99. The zero-order valence-electron chi connectivity index (χ0n) is 15.6. The quantitative estimate of drug-likeness (QED) is 0.586. The van der Waals surface area contributed by atoms with Gasteiger partial charge in [0.25, 0.3) is 0 Å². The van der Waals surface area contributed by atoms with Gasteiger partial charge in [0.05, 0.1) is 20.0 Å². The summed E-state index contributed by atoms with van der Waals surface area (Å²) in [7, 11) is 4.97. The normalized spacial score (nSPS) is 10.6. The van der Waals surface area contributed by atoms with Crippen LogP contribution >= 0.6 is 23.4 Å². The molecule has 0 aliphatic carbocycles. The second-order valence-corrected chi connectivity index (χ2v) is 7.19. The Balaban J connectivity index is 1.64. The van der Waals surface area contributed by atoms with Gasteiger partial charge in [-0.15, -0.1) is 10.2 Å². The molecule has 0 aliphatic rings. The third-order valence-corrected chi connectivity index (χ3v) is 5.18. The number of ether oxygens (including phenoxy) is 2. The number of benzene rings is 2. The average Bonchev–Trinajstić information content (AvgIpc) is 3.07. The molecule has 1 N–H and O–H groups in total. The first-order valence-corrected chi connectivity index (χ1v) is 9.67. The third kappa shape index (κ3) is 4.76. The number of nitrogens with one attached hydrogen (secondary N) is 1. The second kappa shape index (κ2) is 8.99. The van der Waals surface area contributed by atoms with Gasteiger partial charge in [-0.1, -0.05) is 23.4 Å². The zero-order valence-corrected chi connectivity index (χ0v) is 17.2. The molecule has 28 heavy (non-hydrogen) atoms. The summed E-state index contributed by atoms with van der Waals surface area (Å²) in [6, 6.07) is 12.6. The number of hydrogen-bond donors (Lipinski definition) is 1. The van der Waals surface area contributed by atoms with E-state index in [9.17, 15) is 4.79 Å². The lowest BCUT2D eigenvalue weighted by molar-refractivity contribution is -0.113. The summed E-state index contributed by atoms with van der Waals surface area (Å²) in [4.78, 5) is 12.3. The Morgan fingerprint density at radius 1 is 1.11 bits per heavy atom. The molecule has 1 amide bonds. The summed E-state index contributed by atoms with van der Waals surface area (Å²) in [5, 5.41) is 12.5. The smallest absolute Gasteiger partial charge is 0.234 e. The monoisotopic (exact) mass is 418 g/mol. The van der Waals surface area contributed by atoms with Gasteiger partial charge < -0.3 is 19.4 Å². The van der Waals surface area contributed by atoms with Crippen molar-refractivity contribution in [2.45, 2.75) is 5.16 Å². The lowest BCUT2D eigenvalue weighted by Crippen LogP contribution is -2.14. The molecule has 3 aromatic rings. The van der Waals surface area contributed by atoms with Crippen LogP contribution in [0, 0.1) is 0 Å². The van der Waals surface area contributed by atoms with Crippen LogP contribution in [0.15, 0.2) is 47.6 Å². The number of carbonyl (C=O) groups excluding carboxylic acids is 1. The fourth-order valence-electron chi connectivity index (χ4n) is 2.50. The van der Waals surface area contributed by atoms with Crippen molar-refractivity contribution in [3.05, 3.63) is 47.5 Å². The van der Waals surface area contributed by atoms with Gasteiger partial charge in [-0.2, -0.15) is 0 Å². The van der Waals surface area contributed by atoms with E-state index in [1.807, 2.05) is 23.7 Å². The summed E-state index contributed by atoms with van der Waals surface area (Å²) in [5.74, 6) is 1.92. The minimum absolute atomic E-state index is 0.170. The molecule has 1 heterocycles. The number of hydrogen-bond acceptors (Lipinski definition) is 6. The number of rotatable bonds is 7. The lowest BCUT2D eigenvalue weighted by Gasteiger charge is -2.09. The molecule has 0 fully saturated rings. The van der Waals surface area contributed by atoms with Crippen LogP contribution in [-0.2, 0) is 11.8 Å². The fourth-order valence-corrected chi connectivity index (χ4v) is 3.33. The summed E-state index contributed by atoms with van der Waals surface area (Å²) in [6.45, 7) is 0. The Morgan fingerprint density at radius 3 is 2.36 bits per heavy atom. The van der Waals surface area contributed by atoms with Gasteiger partial charge in [-0.05, 0) is 24.3 Å². The first-order valence-electron chi connectivity index (χ1n) is 8.31. The van der Waals surface area contributed by atoms with Gasteiger partial charge in [0.1, 0.15) is 11.5 Å². The largest absolute Gasteiger partial charge is 0.497 e. The molecule has 0 aliphatic heterocycles. The Morgan fingerprint density at radius 2 is 1.75 bits per heavy atom. The zero-order chi connectivity index (χ0) is 20.1. The van der Waals surface area contributed by atoms with Crippen LogP contribution in [0.4, 0.5) is 5.69 Å². The van der Waals surface area contributed by atoms with Crippen LogP contribution in [0.25, 0.3) is 11.4 Å². The number of carbonyl (C=O) groups is 1. The minimum atomic E-state index is -0.170. The van der Waals surface area contributed by atoms with E-state index < -0.39 is 0 Å². The summed E-state index contributed by atoms with van der Waals surface area (Å²) in [6.07, 6.45) is 0. The molecule has 0 atom stereocenters. The molecule has 146 valence electrons. The van der Waals surface area contributed by atoms with Crippen molar-refractivity contribution in [3.8, 4) is 22.9 Å². The number of anilines is 1. The van der Waals surface area contributed by atoms with E-state index in [0.717, 1.165) is 5.56 Å². The number of thioether (sulfide) groups is 1. The van der Waals surface area contributed by atoms with Crippen LogP contribution in [0.5, 0.6) is 11.5 Å². The third-order valence-electron chi connectivity index (χ3n) is 3.90. The van der Waals surface area contributed by atoms with Crippen molar-refractivity contribution in [1.82, 2.24) is 14.8 Å². The van der Waals surface area contributed by atoms with Crippen LogP contribution in [-0.4, -0.2) is 40.6 Å². The molecule has 0 spiro atoms. The number of halogens is 1. The predicted octanol–water partition coefficient (Wildman–Crippen LogP) is 3.88. The van der Waals surface area contributed by atoms with Gasteiger partial charge in [0.15, 0.2) is 11.0 Å². The Labute approximate surface area is 172 Å². The van der Waals surface area contributed by atoms with Gasteiger partial charge in [-0.25, -0.2) is 0 Å². The highest BCUT2D eigenvalue weighted by atomic mass is 35.5. The summed E-state index contributed by atoms with van der Waals surface area (Å²) >= 11 is 7.23. The van der Waals surface area contributed by atoms with E-state index in [4.69, 9.17) is 21.1 Å². The molecular formula is C19H19ClN4O3S. The van der Waals surface area contributed by atoms with Gasteiger partial charge in [-0.3, -0.25) is 4.79 Å². The van der Waals surface area contributed by atoms with E-state index in [2.05, 4.69) is 15.5 Å². The Hall–Kier alpha value is -2.71. The molecular weight excluding hydrogens is 400 g/mol. The van der Waals surface area contributed by atoms with Crippen LogP contribution in [0.1, 0.15) is 0 Å². The van der Waals surface area contributed by atoms with Crippen LogP contribution < -0.4 is 14.8 Å². The predicted molar refractivity (Wildman–Crippen MR) is 110 cm³/mol. The maximum absolute atomic E-state index is 12.3. The van der Waals surface area contributed by atoms with Crippen molar-refractivity contribution in [3.63, 3.8) is 0 Å². The number of nitrogens with zero attached hydrogens (tertiary/aromatic N) is 3. The van der Waals surface area contributed by atoms with Crippen LogP contribution in [0.3, 0.4) is 0 Å². The molecule has 0 saturated heterocycles. The molecule has 3 rings (SSSR count). The first-order chi connectivity index (χ1) is 13.5. The van der Waals surface area contributed by atoms with Crippen molar-refractivity contribution in [1.29, 1.82) is 0 Å². The molecule has 0 saturated carbocycles. The topological polar surface area (TPSA) is 78.3 Å². The molecule has 1 aromatic heterocycles. The minimum Gasteiger partial charge on any atom is -0.497 e. The summed E-state index contributed by atoms with van der Waals surface area (Å²) in [5.41, 5.74) is 1.50. The standard InChI is InChI=1S/C19H19ClN4O3S/c1-24-18(12-4-6-13(20)7-5-12)22-23-19(24)28-11-17(25)21-14-8-15(26-2)10-16(9-14)27-3/h4-10H,11H2,1-3H3,(H,21,25). The fraction of sp³-hybridized carbons (Fsp3) is 0.211. The molecule has 9 heteroatoms. The lowest BCUT2D eigenvalue weighted by atomic mass is 10.2. The molecule has 0 unspecified atom stereocenters. The Bertz CT molecular complexity index is 954. The molecule has 2 aromatic carbocycles. The summed E-state index contributed by atoms with van der Waals surface area (Å²) < 4.78 is 12.3. The van der Waals surface area contributed by atoms with Gasteiger partial charge in [0.2, 0.25) is 5.91 Å². The van der Waals surface area contributed by atoms with Crippen molar-refractivity contribution < 1.29 is 14.3 Å².